The van der Waals surface area contributed by atoms with Gasteiger partial charge >= 0.3 is 0 Å². The number of benzene rings is 3. The number of pyridine rings is 1. The lowest BCUT2D eigenvalue weighted by Crippen LogP contribution is -2.30. The largest absolute Gasteiger partial charge is 0.454 e. The lowest BCUT2D eigenvalue weighted by Gasteiger charge is -2.06. The predicted octanol–water partition coefficient (Wildman–Crippen LogP) is 6.36. The summed E-state index contributed by atoms with van der Waals surface area (Å²) in [6.45, 7) is -0.319. The van der Waals surface area contributed by atoms with Gasteiger partial charge in [-0.2, -0.15) is 0 Å². The first-order valence-electron chi connectivity index (χ1n) is 11.3. The van der Waals surface area contributed by atoms with E-state index >= 15 is 0 Å². The summed E-state index contributed by atoms with van der Waals surface area (Å²) in [5.41, 5.74) is 6.11. The third-order valence-corrected chi connectivity index (χ3v) is 5.28. The molecule has 0 N–H and O–H groups in total. The minimum Gasteiger partial charge on any atom is -0.454 e. The van der Waals surface area contributed by atoms with Crippen molar-refractivity contribution >= 4 is 21.9 Å². The highest BCUT2D eigenvalue weighted by Crippen LogP contribution is 2.40. The summed E-state index contributed by atoms with van der Waals surface area (Å²) >= 11 is 0. The fourth-order valence-electron chi connectivity index (χ4n) is 3.89. The fraction of sp³-hybridized carbons (Fsp3) is 0.115. The molecule has 0 unspecified atom stereocenters. The molecule has 2 aromatic heterocycles. The number of nitrogens with zero attached hydrogens (tertiary/aromatic N) is 1. The van der Waals surface area contributed by atoms with Crippen LogP contribution in [0.3, 0.4) is 0 Å². The van der Waals surface area contributed by atoms with Crippen LogP contribution in [0.5, 0.6) is 0 Å². The summed E-state index contributed by atoms with van der Waals surface area (Å²) < 4.78 is 40.1. The Kier molecular flexibility index (Phi) is 2.92. The van der Waals surface area contributed by atoms with E-state index in [0.29, 0.717) is 11.3 Å². The average Bonchev–Trinajstić information content (AvgIpc) is 3.14. The van der Waals surface area contributed by atoms with E-state index in [2.05, 4.69) is 12.1 Å². The number of rotatable bonds is 2. The van der Waals surface area contributed by atoms with Crippen LogP contribution in [0.25, 0.3) is 44.3 Å². The monoisotopic (exact) mass is 368 g/mol. The van der Waals surface area contributed by atoms with Crippen molar-refractivity contribution in [3.05, 3.63) is 90.1 Å². The van der Waals surface area contributed by atoms with Gasteiger partial charge in [-0.3, -0.25) is 0 Å². The van der Waals surface area contributed by atoms with Gasteiger partial charge in [-0.1, -0.05) is 60.7 Å². The molecule has 0 amide bonds. The first kappa shape index (κ1) is 12.9. The first-order valence-corrected chi connectivity index (χ1v) is 9.27. The van der Waals surface area contributed by atoms with Gasteiger partial charge in [0.2, 0.25) is 5.69 Å². The summed E-state index contributed by atoms with van der Waals surface area (Å²) in [5.74, 6) is 0. The Morgan fingerprint density at radius 2 is 1.71 bits per heavy atom. The number of furan rings is 1. The van der Waals surface area contributed by atoms with Gasteiger partial charge in [-0.05, 0) is 30.5 Å². The molecule has 3 aromatic carbocycles. The van der Waals surface area contributed by atoms with Crippen LogP contribution in [0.1, 0.15) is 16.6 Å². The maximum Gasteiger partial charge on any atom is 0.216 e. The molecule has 0 spiro atoms. The van der Waals surface area contributed by atoms with Crippen molar-refractivity contribution in [1.29, 1.82) is 0 Å². The topological polar surface area (TPSA) is 17.0 Å². The van der Waals surface area contributed by atoms with Gasteiger partial charge in [0.25, 0.3) is 0 Å². The summed E-state index contributed by atoms with van der Waals surface area (Å²) in [5, 5.41) is 1.97. The molecule has 0 saturated carbocycles. The van der Waals surface area contributed by atoms with Crippen LogP contribution in [0.2, 0.25) is 0 Å². The molecule has 2 heterocycles. The second kappa shape index (κ2) is 6.35. The first-order chi connectivity index (χ1) is 15.3. The molecule has 2 nitrogen and oxygen atoms in total. The molecule has 0 bridgehead atoms. The highest BCUT2D eigenvalue weighted by molar-refractivity contribution is 6.13. The Hall–Kier alpha value is -3.39. The van der Waals surface area contributed by atoms with Crippen LogP contribution in [0.4, 0.5) is 0 Å². The molecule has 2 heteroatoms. The number of hydrogen-bond donors (Lipinski definition) is 0. The highest BCUT2D eigenvalue weighted by atomic mass is 16.3. The summed E-state index contributed by atoms with van der Waals surface area (Å²) in [4.78, 5) is 0. The zero-order valence-electron chi connectivity index (χ0n) is 19.8. The molecule has 0 radical (unpaired) electrons. The maximum absolute atomic E-state index is 8.35. The third kappa shape index (κ3) is 2.53. The van der Waals surface area contributed by atoms with E-state index in [1.54, 1.807) is 17.7 Å². The van der Waals surface area contributed by atoms with Crippen molar-refractivity contribution in [3.63, 3.8) is 0 Å². The van der Waals surface area contributed by atoms with Crippen LogP contribution >= 0.6 is 0 Å². The molecular formula is C26H22NO+. The normalized spacial score (nSPS) is 13.9. The third-order valence-electron chi connectivity index (χ3n) is 5.28. The molecule has 0 aliphatic heterocycles. The van der Waals surface area contributed by atoms with Crippen molar-refractivity contribution in [2.24, 2.45) is 7.05 Å². The predicted molar refractivity (Wildman–Crippen MR) is 115 cm³/mol. The van der Waals surface area contributed by atoms with Crippen LogP contribution in [0.15, 0.2) is 83.4 Å². The molecule has 5 aromatic rings. The molecule has 28 heavy (non-hydrogen) atoms. The van der Waals surface area contributed by atoms with Crippen LogP contribution < -0.4 is 4.57 Å². The zero-order chi connectivity index (χ0) is 22.6. The van der Waals surface area contributed by atoms with Crippen molar-refractivity contribution in [2.45, 2.75) is 13.8 Å². The van der Waals surface area contributed by atoms with E-state index in [1.807, 2.05) is 55.5 Å². The molecule has 0 atom stereocenters. The Bertz CT molecular complexity index is 1480. The summed E-state index contributed by atoms with van der Waals surface area (Å²) in [6.07, 6.45) is 0.131. The molecule has 0 saturated heterocycles. The number of aromatic nitrogens is 1. The van der Waals surface area contributed by atoms with Crippen molar-refractivity contribution in [3.8, 4) is 22.4 Å². The number of aryl methyl sites for hydroxylation is 2. The number of para-hydroxylation sites is 1. The minimum atomic E-state index is -2.30. The molecule has 0 aliphatic carbocycles. The van der Waals surface area contributed by atoms with E-state index in [0.717, 1.165) is 38.6 Å². The van der Waals surface area contributed by atoms with E-state index < -0.39 is 6.85 Å². The van der Waals surface area contributed by atoms with Crippen molar-refractivity contribution in [1.82, 2.24) is 0 Å². The van der Waals surface area contributed by atoms with Gasteiger partial charge in [-0.25, -0.2) is 4.57 Å². The van der Waals surface area contributed by atoms with Gasteiger partial charge in [0.15, 0.2) is 6.17 Å². The zero-order valence-corrected chi connectivity index (χ0v) is 15.8. The minimum absolute atomic E-state index is 0.131. The van der Waals surface area contributed by atoms with Gasteiger partial charge in [0.05, 0.1) is 5.56 Å². The quantitative estimate of drug-likeness (QED) is 0.331. The summed E-state index contributed by atoms with van der Waals surface area (Å²) in [6, 6.07) is 23.3. The van der Waals surface area contributed by atoms with E-state index in [9.17, 15) is 0 Å². The average molecular weight is 368 g/mol. The standard InChI is InChI=1S/C26H22NO/c1-17-14-15-27(3)23(16-17)24-18(2)12-13-22-21-11-7-10-20(25(21)28-26(22)24)19-8-5-4-6-9-19/h4-16H,1-3H3/q+1/i1D3,15D. The van der Waals surface area contributed by atoms with Crippen LogP contribution in [-0.2, 0) is 7.05 Å². The lowest BCUT2D eigenvalue weighted by atomic mass is 9.98. The lowest BCUT2D eigenvalue weighted by molar-refractivity contribution is -0.660. The van der Waals surface area contributed by atoms with Crippen molar-refractivity contribution < 1.29 is 14.5 Å². The molecule has 136 valence electrons. The smallest absolute Gasteiger partial charge is 0.216 e. The molecule has 0 fully saturated rings. The van der Waals surface area contributed by atoms with Gasteiger partial charge in [0.1, 0.15) is 19.6 Å². The summed E-state index contributed by atoms with van der Waals surface area (Å²) in [7, 11) is 1.78. The Labute approximate surface area is 170 Å². The SMILES string of the molecule is [2H]c1cc(C([2H])([2H])[2H])cc(-c2c(C)ccc3c2oc2c(-c4ccccc4)cccc23)[n+]1C. The Balaban J connectivity index is 1.87. The van der Waals surface area contributed by atoms with Gasteiger partial charge in [-0.15, -0.1) is 0 Å². The van der Waals surface area contributed by atoms with Gasteiger partial charge in [0, 0.05) is 32.6 Å². The second-order valence-corrected chi connectivity index (χ2v) is 7.10. The molecule has 5 rings (SSSR count). The van der Waals surface area contributed by atoms with Crippen LogP contribution in [-0.4, -0.2) is 0 Å². The maximum atomic E-state index is 8.35. The van der Waals surface area contributed by atoms with E-state index in [4.69, 9.17) is 9.90 Å². The fourth-order valence-corrected chi connectivity index (χ4v) is 3.89. The molecular weight excluding hydrogens is 342 g/mol. The Morgan fingerprint density at radius 3 is 2.54 bits per heavy atom. The molecule has 0 aliphatic rings. The van der Waals surface area contributed by atoms with E-state index in [1.165, 1.54) is 6.07 Å². The van der Waals surface area contributed by atoms with E-state index in [-0.39, 0.29) is 11.7 Å². The van der Waals surface area contributed by atoms with Crippen LogP contribution in [0, 0.1) is 13.8 Å². The highest BCUT2D eigenvalue weighted by Gasteiger charge is 2.21. The number of hydrogen-bond acceptors (Lipinski definition) is 1. The second-order valence-electron chi connectivity index (χ2n) is 7.10. The van der Waals surface area contributed by atoms with Crippen molar-refractivity contribution in [2.75, 3.05) is 0 Å². The number of fused-ring (bicyclic) bond motifs is 3. The Morgan fingerprint density at radius 1 is 0.893 bits per heavy atom. The van der Waals surface area contributed by atoms with Gasteiger partial charge < -0.3 is 4.42 Å².